The maximum absolute atomic E-state index is 13.1. The summed E-state index contributed by atoms with van der Waals surface area (Å²) in [5, 5.41) is 4.19. The molecule has 1 saturated heterocycles. The van der Waals surface area contributed by atoms with Crippen LogP contribution in [0.5, 0.6) is 0 Å². The summed E-state index contributed by atoms with van der Waals surface area (Å²) >= 11 is 1.59. The molecule has 0 bridgehead atoms. The number of fused-ring (bicyclic) bond motifs is 1. The highest BCUT2D eigenvalue weighted by Gasteiger charge is 2.30. The van der Waals surface area contributed by atoms with Crippen molar-refractivity contribution in [2.24, 2.45) is 5.92 Å². The molecule has 1 N–H and O–H groups in total. The summed E-state index contributed by atoms with van der Waals surface area (Å²) in [5.74, 6) is 0.383. The number of nitrogens with zero attached hydrogens (tertiary/aromatic N) is 2. The lowest BCUT2D eigenvalue weighted by atomic mass is 9.98. The van der Waals surface area contributed by atoms with Gasteiger partial charge in [0.1, 0.15) is 0 Å². The van der Waals surface area contributed by atoms with E-state index in [-0.39, 0.29) is 17.8 Å². The van der Waals surface area contributed by atoms with Gasteiger partial charge >= 0.3 is 0 Å². The van der Waals surface area contributed by atoms with Crippen molar-refractivity contribution in [3.8, 4) is 0 Å². The fourth-order valence-corrected chi connectivity index (χ4v) is 5.95. The number of rotatable bonds is 4. The molecule has 1 aromatic heterocycles. The number of thiazole rings is 1. The first-order valence-corrected chi connectivity index (χ1v) is 11.0. The lowest BCUT2D eigenvalue weighted by molar-refractivity contribution is 0.263. The molecule has 0 aliphatic carbocycles. The minimum atomic E-state index is -3.45. The van der Waals surface area contributed by atoms with Crippen molar-refractivity contribution < 1.29 is 8.42 Å². The number of aromatic nitrogens is 1. The molecule has 0 amide bonds. The minimum absolute atomic E-state index is 0. The Morgan fingerprint density at radius 1 is 1.35 bits per heavy atom. The van der Waals surface area contributed by atoms with Gasteiger partial charge in [0.05, 0.1) is 20.1 Å². The van der Waals surface area contributed by atoms with E-state index in [0.29, 0.717) is 23.9 Å². The van der Waals surface area contributed by atoms with Gasteiger partial charge in [0.25, 0.3) is 0 Å². The molecule has 0 saturated carbocycles. The average Bonchev–Trinajstić information content (AvgIpc) is 2.99. The summed E-state index contributed by atoms with van der Waals surface area (Å²) in [7, 11) is -1.53. The average molecular weight is 418 g/mol. The number of nitrogens with one attached hydrogen (secondary N) is 1. The van der Waals surface area contributed by atoms with Gasteiger partial charge in [-0.25, -0.2) is 13.4 Å². The zero-order chi connectivity index (χ0) is 18.2. The third-order valence-electron chi connectivity index (χ3n) is 4.61. The van der Waals surface area contributed by atoms with Crippen molar-refractivity contribution >= 4 is 44.0 Å². The van der Waals surface area contributed by atoms with E-state index >= 15 is 0 Å². The third kappa shape index (κ3) is 4.39. The van der Waals surface area contributed by atoms with Crippen molar-refractivity contribution in [1.82, 2.24) is 14.6 Å². The van der Waals surface area contributed by atoms with Gasteiger partial charge in [0.2, 0.25) is 10.0 Å². The molecule has 1 aliphatic heterocycles. The summed E-state index contributed by atoms with van der Waals surface area (Å²) in [6, 6.07) is 5.33. The monoisotopic (exact) mass is 417 g/mol. The Bertz CT molecular complexity index is 857. The first kappa shape index (κ1) is 21.6. The standard InChI is InChI=1S/C18H27N3O2S2.ClH/c1-18(2,3)17-20-15-8-7-14(10-16(15)24-17)25(22,23)21-9-5-6-13(12-21)11-19-4;/h7-8,10,13,19H,5-6,9,11-12H2,1-4H3;1H. The van der Waals surface area contributed by atoms with Crippen LogP contribution in [-0.2, 0) is 15.4 Å². The van der Waals surface area contributed by atoms with Gasteiger partial charge in [0, 0.05) is 18.5 Å². The van der Waals surface area contributed by atoms with E-state index < -0.39 is 10.0 Å². The number of halogens is 1. The largest absolute Gasteiger partial charge is 0.319 e. The van der Waals surface area contributed by atoms with E-state index in [9.17, 15) is 8.42 Å². The molecule has 1 fully saturated rings. The zero-order valence-electron chi connectivity index (χ0n) is 15.8. The van der Waals surface area contributed by atoms with E-state index in [1.807, 2.05) is 13.1 Å². The van der Waals surface area contributed by atoms with Gasteiger partial charge in [0.15, 0.2) is 0 Å². The Morgan fingerprint density at radius 2 is 2.08 bits per heavy atom. The first-order chi connectivity index (χ1) is 11.7. The Morgan fingerprint density at radius 3 is 2.73 bits per heavy atom. The van der Waals surface area contributed by atoms with Gasteiger partial charge in [-0.15, -0.1) is 23.7 Å². The van der Waals surface area contributed by atoms with Gasteiger partial charge in [-0.3, -0.25) is 0 Å². The molecule has 1 unspecified atom stereocenters. The lowest BCUT2D eigenvalue weighted by Crippen LogP contribution is -2.42. The molecule has 2 heterocycles. The van der Waals surface area contributed by atoms with E-state index in [1.165, 1.54) is 0 Å². The molecule has 5 nitrogen and oxygen atoms in total. The predicted molar refractivity (Wildman–Crippen MR) is 111 cm³/mol. The van der Waals surface area contributed by atoms with E-state index in [0.717, 1.165) is 34.6 Å². The first-order valence-electron chi connectivity index (χ1n) is 8.77. The van der Waals surface area contributed by atoms with Crippen LogP contribution in [0.25, 0.3) is 10.2 Å². The van der Waals surface area contributed by atoms with E-state index in [1.54, 1.807) is 27.8 Å². The van der Waals surface area contributed by atoms with E-state index in [2.05, 4.69) is 31.1 Å². The second-order valence-electron chi connectivity index (χ2n) is 7.83. The number of benzene rings is 1. The van der Waals surface area contributed by atoms with Crippen molar-refractivity contribution in [2.45, 2.75) is 43.9 Å². The number of hydrogen-bond acceptors (Lipinski definition) is 5. The highest BCUT2D eigenvalue weighted by Crippen LogP contribution is 2.33. The van der Waals surface area contributed by atoms with Crippen molar-refractivity contribution in [3.63, 3.8) is 0 Å². The Hall–Kier alpha value is -0.730. The van der Waals surface area contributed by atoms with Crippen LogP contribution in [0.15, 0.2) is 23.1 Å². The molecule has 0 spiro atoms. The summed E-state index contributed by atoms with van der Waals surface area (Å²) in [5.41, 5.74) is 0.844. The summed E-state index contributed by atoms with van der Waals surface area (Å²) < 4.78 is 28.7. The van der Waals surface area contributed by atoms with E-state index in [4.69, 9.17) is 0 Å². The summed E-state index contributed by atoms with van der Waals surface area (Å²) in [4.78, 5) is 5.04. The van der Waals surface area contributed by atoms with Gasteiger partial charge in [-0.1, -0.05) is 20.8 Å². The van der Waals surface area contributed by atoms with Gasteiger partial charge in [-0.2, -0.15) is 4.31 Å². The highest BCUT2D eigenvalue weighted by molar-refractivity contribution is 7.89. The molecular formula is C18H28ClN3O2S2. The Kier molecular flexibility index (Phi) is 6.72. The number of hydrogen-bond donors (Lipinski definition) is 1. The molecule has 146 valence electrons. The van der Waals surface area contributed by atoms with Crippen LogP contribution >= 0.6 is 23.7 Å². The second-order valence-corrected chi connectivity index (χ2v) is 10.8. The van der Waals surface area contributed by atoms with Crippen LogP contribution in [0.4, 0.5) is 0 Å². The molecule has 1 aromatic carbocycles. The fourth-order valence-electron chi connectivity index (χ4n) is 3.24. The topological polar surface area (TPSA) is 62.3 Å². The molecule has 3 rings (SSSR count). The highest BCUT2D eigenvalue weighted by atomic mass is 35.5. The third-order valence-corrected chi connectivity index (χ3v) is 7.92. The molecule has 2 aromatic rings. The van der Waals surface area contributed by atoms with Crippen LogP contribution in [0.2, 0.25) is 0 Å². The summed E-state index contributed by atoms with van der Waals surface area (Å²) in [6.07, 6.45) is 2.00. The molecular weight excluding hydrogens is 390 g/mol. The van der Waals surface area contributed by atoms with Crippen LogP contribution in [0, 0.1) is 5.92 Å². The SMILES string of the molecule is CNCC1CCCN(S(=O)(=O)c2ccc3nc(C(C)(C)C)sc3c2)C1.Cl. The minimum Gasteiger partial charge on any atom is -0.319 e. The quantitative estimate of drug-likeness (QED) is 0.824. The Balaban J connectivity index is 0.00000243. The van der Waals surface area contributed by atoms with Crippen LogP contribution in [0.3, 0.4) is 0 Å². The predicted octanol–water partition coefficient (Wildman–Crippen LogP) is 3.64. The second kappa shape index (κ2) is 8.10. The fraction of sp³-hybridized carbons (Fsp3) is 0.611. The molecule has 26 heavy (non-hydrogen) atoms. The van der Waals surface area contributed by atoms with Crippen LogP contribution in [0.1, 0.15) is 38.6 Å². The van der Waals surface area contributed by atoms with Gasteiger partial charge in [-0.05, 0) is 50.6 Å². The normalized spacial score (nSPS) is 19.5. The smallest absolute Gasteiger partial charge is 0.243 e. The van der Waals surface area contributed by atoms with Gasteiger partial charge < -0.3 is 5.32 Å². The number of piperidine rings is 1. The van der Waals surface area contributed by atoms with Crippen molar-refractivity contribution in [2.75, 3.05) is 26.7 Å². The number of sulfonamides is 1. The molecule has 0 radical (unpaired) electrons. The maximum Gasteiger partial charge on any atom is 0.243 e. The lowest BCUT2D eigenvalue weighted by Gasteiger charge is -2.31. The van der Waals surface area contributed by atoms with Crippen LogP contribution < -0.4 is 5.32 Å². The van der Waals surface area contributed by atoms with Crippen molar-refractivity contribution in [3.05, 3.63) is 23.2 Å². The molecule has 8 heteroatoms. The molecule has 1 aliphatic rings. The zero-order valence-corrected chi connectivity index (χ0v) is 18.2. The van der Waals surface area contributed by atoms with Crippen LogP contribution in [-0.4, -0.2) is 44.4 Å². The van der Waals surface area contributed by atoms with Crippen molar-refractivity contribution in [1.29, 1.82) is 0 Å². The maximum atomic E-state index is 13.1. The molecule has 1 atom stereocenters. The Labute approximate surface area is 166 Å². The summed E-state index contributed by atoms with van der Waals surface area (Å²) in [6.45, 7) is 8.43.